The first-order valence-electron chi connectivity index (χ1n) is 7.84. The molecule has 3 aromatic rings. The Balaban J connectivity index is 1.60. The van der Waals surface area contributed by atoms with E-state index in [0.29, 0.717) is 0 Å². The molecule has 24 heavy (non-hydrogen) atoms. The minimum absolute atomic E-state index is 0.214. The van der Waals surface area contributed by atoms with Gasteiger partial charge >= 0.3 is 5.97 Å². The molecule has 0 bridgehead atoms. The van der Waals surface area contributed by atoms with E-state index in [1.165, 1.54) is 0 Å². The van der Waals surface area contributed by atoms with Crippen LogP contribution in [0.15, 0.2) is 77.3 Å². The standard InChI is InChI=1S/C21H15BrO2/c22-15-11-9-14(10-12-15)13-20(23)24-21-18-7-3-1-5-16(18)17-6-2-4-8-19(17)21/h1-12,21H,13H2. The first-order chi connectivity index (χ1) is 11.7. The average Bonchev–Trinajstić information content (AvgIpc) is 2.92. The van der Waals surface area contributed by atoms with Gasteiger partial charge in [-0.25, -0.2) is 0 Å². The van der Waals surface area contributed by atoms with Crippen molar-refractivity contribution in [2.24, 2.45) is 0 Å². The van der Waals surface area contributed by atoms with E-state index < -0.39 is 0 Å². The van der Waals surface area contributed by atoms with Gasteiger partial charge in [0, 0.05) is 15.6 Å². The molecule has 0 saturated carbocycles. The van der Waals surface area contributed by atoms with Gasteiger partial charge in [-0.2, -0.15) is 0 Å². The molecule has 0 fully saturated rings. The second-order valence-corrected chi connectivity index (χ2v) is 6.76. The van der Waals surface area contributed by atoms with Crippen molar-refractivity contribution in [2.45, 2.75) is 12.5 Å². The van der Waals surface area contributed by atoms with E-state index in [0.717, 1.165) is 32.3 Å². The molecular formula is C21H15BrO2. The van der Waals surface area contributed by atoms with E-state index in [1.807, 2.05) is 60.7 Å². The van der Waals surface area contributed by atoms with Gasteiger partial charge < -0.3 is 4.74 Å². The molecule has 0 spiro atoms. The first kappa shape index (κ1) is 15.2. The molecule has 3 heteroatoms. The van der Waals surface area contributed by atoms with Crippen LogP contribution in [0.2, 0.25) is 0 Å². The molecule has 4 rings (SSSR count). The summed E-state index contributed by atoms with van der Waals surface area (Å²) in [6.07, 6.45) is -0.0472. The van der Waals surface area contributed by atoms with Crippen LogP contribution in [0.1, 0.15) is 22.8 Å². The summed E-state index contributed by atoms with van der Waals surface area (Å²) in [5.41, 5.74) is 5.36. The summed E-state index contributed by atoms with van der Waals surface area (Å²) in [6, 6.07) is 24.0. The van der Waals surface area contributed by atoms with Crippen LogP contribution in [-0.2, 0) is 16.0 Å². The van der Waals surface area contributed by atoms with Crippen LogP contribution in [0, 0.1) is 0 Å². The van der Waals surface area contributed by atoms with Crippen molar-refractivity contribution < 1.29 is 9.53 Å². The van der Waals surface area contributed by atoms with Crippen LogP contribution in [0.3, 0.4) is 0 Å². The molecule has 3 aromatic carbocycles. The number of carbonyl (C=O) groups excluding carboxylic acids is 1. The highest BCUT2D eigenvalue weighted by atomic mass is 79.9. The van der Waals surface area contributed by atoms with Gasteiger partial charge in [0.1, 0.15) is 0 Å². The second kappa shape index (κ2) is 6.25. The quantitative estimate of drug-likeness (QED) is 0.577. The lowest BCUT2D eigenvalue weighted by Gasteiger charge is -2.15. The molecule has 0 saturated heterocycles. The predicted octanol–water partition coefficient (Wildman–Crippen LogP) is 5.30. The number of halogens is 1. The van der Waals surface area contributed by atoms with Gasteiger partial charge in [-0.15, -0.1) is 0 Å². The molecule has 1 aliphatic carbocycles. The largest absolute Gasteiger partial charge is 0.452 e. The second-order valence-electron chi connectivity index (χ2n) is 5.85. The highest BCUT2D eigenvalue weighted by Crippen LogP contribution is 2.45. The predicted molar refractivity (Wildman–Crippen MR) is 97.7 cm³/mol. The molecular weight excluding hydrogens is 364 g/mol. The summed E-state index contributed by atoms with van der Waals surface area (Å²) in [6.45, 7) is 0. The third kappa shape index (κ3) is 2.76. The fraction of sp³-hybridized carbons (Fsp3) is 0.0952. The first-order valence-corrected chi connectivity index (χ1v) is 8.64. The Kier molecular flexibility index (Phi) is 3.95. The smallest absolute Gasteiger partial charge is 0.311 e. The lowest BCUT2D eigenvalue weighted by atomic mass is 10.1. The number of hydrogen-bond donors (Lipinski definition) is 0. The number of ether oxygens (including phenoxy) is 1. The van der Waals surface area contributed by atoms with E-state index in [4.69, 9.17) is 4.74 Å². The Morgan fingerprint density at radius 3 is 1.96 bits per heavy atom. The van der Waals surface area contributed by atoms with Crippen LogP contribution in [-0.4, -0.2) is 5.97 Å². The van der Waals surface area contributed by atoms with Crippen molar-refractivity contribution in [3.05, 3.63) is 94.0 Å². The normalized spacial score (nSPS) is 12.5. The van der Waals surface area contributed by atoms with E-state index in [1.54, 1.807) is 0 Å². The third-order valence-corrected chi connectivity index (χ3v) is 4.82. The molecule has 0 amide bonds. The molecule has 0 aromatic heterocycles. The molecule has 0 atom stereocenters. The van der Waals surface area contributed by atoms with E-state index in [2.05, 4.69) is 28.1 Å². The van der Waals surface area contributed by atoms with Gasteiger partial charge in [0.2, 0.25) is 0 Å². The Morgan fingerprint density at radius 2 is 1.38 bits per heavy atom. The molecule has 0 N–H and O–H groups in total. The van der Waals surface area contributed by atoms with Crippen molar-refractivity contribution in [1.82, 2.24) is 0 Å². The van der Waals surface area contributed by atoms with Crippen LogP contribution < -0.4 is 0 Å². The monoisotopic (exact) mass is 378 g/mol. The summed E-state index contributed by atoms with van der Waals surface area (Å²) in [4.78, 5) is 12.4. The van der Waals surface area contributed by atoms with E-state index in [9.17, 15) is 4.79 Å². The number of carbonyl (C=O) groups is 1. The number of benzene rings is 3. The van der Waals surface area contributed by atoms with E-state index >= 15 is 0 Å². The molecule has 0 heterocycles. The molecule has 1 aliphatic rings. The van der Waals surface area contributed by atoms with E-state index in [-0.39, 0.29) is 18.5 Å². The highest BCUT2D eigenvalue weighted by Gasteiger charge is 2.30. The zero-order valence-corrected chi connectivity index (χ0v) is 14.5. The molecule has 0 radical (unpaired) electrons. The average molecular weight is 379 g/mol. The Bertz CT molecular complexity index is 854. The number of rotatable bonds is 3. The fourth-order valence-electron chi connectivity index (χ4n) is 3.18. The van der Waals surface area contributed by atoms with Crippen LogP contribution in [0.25, 0.3) is 11.1 Å². The van der Waals surface area contributed by atoms with Gasteiger partial charge in [-0.3, -0.25) is 4.79 Å². The number of fused-ring (bicyclic) bond motifs is 3. The maximum atomic E-state index is 12.4. The maximum Gasteiger partial charge on any atom is 0.311 e. The van der Waals surface area contributed by atoms with Gasteiger partial charge in [0.15, 0.2) is 6.10 Å². The summed E-state index contributed by atoms with van der Waals surface area (Å²) in [5, 5.41) is 0. The Hall–Kier alpha value is -2.39. The van der Waals surface area contributed by atoms with Crippen molar-refractivity contribution in [3.8, 4) is 11.1 Å². The van der Waals surface area contributed by atoms with Crippen molar-refractivity contribution in [2.75, 3.05) is 0 Å². The van der Waals surface area contributed by atoms with Crippen LogP contribution in [0.5, 0.6) is 0 Å². The third-order valence-electron chi connectivity index (χ3n) is 4.29. The van der Waals surface area contributed by atoms with Gasteiger partial charge in [0.05, 0.1) is 6.42 Å². The minimum Gasteiger partial charge on any atom is -0.452 e. The number of esters is 1. The van der Waals surface area contributed by atoms with Crippen molar-refractivity contribution in [3.63, 3.8) is 0 Å². The molecule has 2 nitrogen and oxygen atoms in total. The fourth-order valence-corrected chi connectivity index (χ4v) is 3.44. The molecule has 0 aliphatic heterocycles. The lowest BCUT2D eigenvalue weighted by molar-refractivity contribution is -0.146. The highest BCUT2D eigenvalue weighted by molar-refractivity contribution is 9.10. The molecule has 118 valence electrons. The zero-order valence-electron chi connectivity index (χ0n) is 12.9. The summed E-state index contributed by atoms with van der Waals surface area (Å²) < 4.78 is 6.85. The van der Waals surface area contributed by atoms with Gasteiger partial charge in [-0.05, 0) is 28.8 Å². The van der Waals surface area contributed by atoms with Crippen LogP contribution in [0.4, 0.5) is 0 Å². The van der Waals surface area contributed by atoms with Crippen LogP contribution >= 0.6 is 15.9 Å². The molecule has 0 unspecified atom stereocenters. The topological polar surface area (TPSA) is 26.3 Å². The Morgan fingerprint density at radius 1 is 0.833 bits per heavy atom. The zero-order chi connectivity index (χ0) is 16.5. The lowest BCUT2D eigenvalue weighted by Crippen LogP contribution is -2.13. The summed E-state index contributed by atoms with van der Waals surface area (Å²) >= 11 is 3.40. The summed E-state index contributed by atoms with van der Waals surface area (Å²) in [5.74, 6) is -0.214. The van der Waals surface area contributed by atoms with Crippen molar-refractivity contribution in [1.29, 1.82) is 0 Å². The maximum absolute atomic E-state index is 12.4. The minimum atomic E-state index is -0.319. The van der Waals surface area contributed by atoms with Gasteiger partial charge in [0.25, 0.3) is 0 Å². The number of hydrogen-bond acceptors (Lipinski definition) is 2. The van der Waals surface area contributed by atoms with Crippen molar-refractivity contribution >= 4 is 21.9 Å². The Labute approximate surface area is 149 Å². The van der Waals surface area contributed by atoms with Gasteiger partial charge in [-0.1, -0.05) is 76.6 Å². The summed E-state index contributed by atoms with van der Waals surface area (Å²) in [7, 11) is 0. The SMILES string of the molecule is O=C(Cc1ccc(Br)cc1)OC1c2ccccc2-c2ccccc21.